The van der Waals surface area contributed by atoms with Crippen LogP contribution >= 0.6 is 23.7 Å². The molecule has 0 unspecified atom stereocenters. The average molecular weight is 318 g/mol. The number of piperidine rings is 1. The van der Waals surface area contributed by atoms with E-state index in [4.69, 9.17) is 4.74 Å². The molecule has 0 atom stereocenters. The molecule has 5 heteroatoms. The van der Waals surface area contributed by atoms with Gasteiger partial charge in [-0.25, -0.2) is 4.79 Å². The van der Waals surface area contributed by atoms with Crippen molar-refractivity contribution in [2.45, 2.75) is 39.0 Å². The Morgan fingerprint density at radius 2 is 2.15 bits per heavy atom. The van der Waals surface area contributed by atoms with Crippen LogP contribution in [0.5, 0.6) is 0 Å². The van der Waals surface area contributed by atoms with Gasteiger partial charge in [-0.15, -0.1) is 23.7 Å². The molecule has 1 N–H and O–H groups in total. The largest absolute Gasteiger partial charge is 0.465 e. The summed E-state index contributed by atoms with van der Waals surface area (Å²) in [6.07, 6.45) is 6.27. The molecule has 0 aliphatic carbocycles. The number of ether oxygens (including phenoxy) is 1. The number of carbonyl (C=O) groups is 1. The molecule has 1 aliphatic rings. The first-order valence-electron chi connectivity index (χ1n) is 7.08. The van der Waals surface area contributed by atoms with Gasteiger partial charge in [-0.1, -0.05) is 6.42 Å². The number of rotatable bonds is 5. The molecule has 20 heavy (non-hydrogen) atoms. The van der Waals surface area contributed by atoms with Crippen molar-refractivity contribution in [2.75, 3.05) is 20.2 Å². The molecule has 114 valence electrons. The number of aryl methyl sites for hydroxylation is 1. The highest BCUT2D eigenvalue weighted by Crippen LogP contribution is 2.26. The van der Waals surface area contributed by atoms with E-state index >= 15 is 0 Å². The van der Waals surface area contributed by atoms with E-state index in [1.54, 1.807) is 11.3 Å². The van der Waals surface area contributed by atoms with Gasteiger partial charge >= 0.3 is 5.97 Å². The van der Waals surface area contributed by atoms with Crippen LogP contribution in [-0.4, -0.2) is 26.2 Å². The summed E-state index contributed by atoms with van der Waals surface area (Å²) in [5.74, 6) is 0.681. The number of nitrogens with one attached hydrogen (secondary N) is 1. The van der Waals surface area contributed by atoms with Gasteiger partial charge in [0.15, 0.2) is 0 Å². The molecule has 1 saturated heterocycles. The van der Waals surface area contributed by atoms with Crippen LogP contribution < -0.4 is 5.32 Å². The molecule has 1 aromatic rings. The van der Waals surface area contributed by atoms with E-state index in [9.17, 15) is 4.79 Å². The van der Waals surface area contributed by atoms with Crippen molar-refractivity contribution >= 4 is 29.7 Å². The van der Waals surface area contributed by atoms with E-state index < -0.39 is 0 Å². The van der Waals surface area contributed by atoms with Crippen molar-refractivity contribution in [2.24, 2.45) is 5.92 Å². The second kappa shape index (κ2) is 8.65. The zero-order valence-electron chi connectivity index (χ0n) is 12.2. The first kappa shape index (κ1) is 17.5. The van der Waals surface area contributed by atoms with Crippen LogP contribution in [0, 0.1) is 12.8 Å². The third-order valence-corrected chi connectivity index (χ3v) is 5.17. The lowest BCUT2D eigenvalue weighted by molar-refractivity contribution is 0.0600. The third kappa shape index (κ3) is 4.47. The van der Waals surface area contributed by atoms with E-state index in [1.807, 2.05) is 12.3 Å². The Kier molecular flexibility index (Phi) is 7.56. The van der Waals surface area contributed by atoms with Gasteiger partial charge < -0.3 is 10.1 Å². The Balaban J connectivity index is 0.00000200. The molecule has 1 fully saturated rings. The summed E-state index contributed by atoms with van der Waals surface area (Å²) in [6.45, 7) is 4.38. The Morgan fingerprint density at radius 3 is 2.80 bits per heavy atom. The molecule has 0 amide bonds. The average Bonchev–Trinajstić information content (AvgIpc) is 2.81. The van der Waals surface area contributed by atoms with Gasteiger partial charge in [0.2, 0.25) is 0 Å². The number of hydrogen-bond donors (Lipinski definition) is 1. The van der Waals surface area contributed by atoms with Gasteiger partial charge in [0, 0.05) is 10.3 Å². The van der Waals surface area contributed by atoms with Crippen molar-refractivity contribution in [3.8, 4) is 0 Å². The fraction of sp³-hybridized carbons (Fsp3) is 0.667. The summed E-state index contributed by atoms with van der Waals surface area (Å²) < 4.78 is 4.79. The summed E-state index contributed by atoms with van der Waals surface area (Å²) in [4.78, 5) is 12.9. The van der Waals surface area contributed by atoms with Gasteiger partial charge in [0.25, 0.3) is 0 Å². The lowest BCUT2D eigenvalue weighted by Gasteiger charge is -2.22. The fourth-order valence-corrected chi connectivity index (χ4v) is 3.82. The SMILES string of the molecule is COC(=O)c1csc(CCCC2CCNCC2)c1C.Cl. The second-order valence-corrected chi connectivity index (χ2v) is 6.24. The zero-order chi connectivity index (χ0) is 13.7. The maximum absolute atomic E-state index is 11.5. The summed E-state index contributed by atoms with van der Waals surface area (Å²) in [5, 5.41) is 5.34. The van der Waals surface area contributed by atoms with Crippen LogP contribution in [0.25, 0.3) is 0 Å². The highest BCUT2D eigenvalue weighted by atomic mass is 35.5. The Hall–Kier alpha value is -0.580. The summed E-state index contributed by atoms with van der Waals surface area (Å²) in [6, 6.07) is 0. The van der Waals surface area contributed by atoms with Crippen molar-refractivity contribution in [1.29, 1.82) is 0 Å². The Morgan fingerprint density at radius 1 is 1.45 bits per heavy atom. The predicted octanol–water partition coefficient (Wildman–Crippen LogP) is 3.59. The molecule has 0 saturated carbocycles. The molecule has 2 rings (SSSR count). The number of hydrogen-bond acceptors (Lipinski definition) is 4. The van der Waals surface area contributed by atoms with Gasteiger partial charge in [0.1, 0.15) is 0 Å². The number of methoxy groups -OCH3 is 1. The van der Waals surface area contributed by atoms with Crippen molar-refractivity contribution in [1.82, 2.24) is 5.32 Å². The highest BCUT2D eigenvalue weighted by Gasteiger charge is 2.16. The van der Waals surface area contributed by atoms with Gasteiger partial charge in [0.05, 0.1) is 12.7 Å². The van der Waals surface area contributed by atoms with Crippen LogP contribution in [0.1, 0.15) is 46.5 Å². The fourth-order valence-electron chi connectivity index (χ4n) is 2.74. The minimum absolute atomic E-state index is 0. The first-order valence-corrected chi connectivity index (χ1v) is 7.96. The number of thiophene rings is 1. The van der Waals surface area contributed by atoms with Crippen LogP contribution in [0.2, 0.25) is 0 Å². The molecule has 0 bridgehead atoms. The molecule has 0 radical (unpaired) electrons. The van der Waals surface area contributed by atoms with Crippen LogP contribution in [0.4, 0.5) is 0 Å². The monoisotopic (exact) mass is 317 g/mol. The minimum atomic E-state index is -0.210. The molecule has 3 nitrogen and oxygen atoms in total. The smallest absolute Gasteiger partial charge is 0.338 e. The second-order valence-electron chi connectivity index (χ2n) is 5.27. The topological polar surface area (TPSA) is 38.3 Å². The van der Waals surface area contributed by atoms with Crippen LogP contribution in [0.3, 0.4) is 0 Å². The summed E-state index contributed by atoms with van der Waals surface area (Å²) >= 11 is 1.69. The van der Waals surface area contributed by atoms with E-state index in [2.05, 4.69) is 5.32 Å². The van der Waals surface area contributed by atoms with Crippen LogP contribution in [0.15, 0.2) is 5.38 Å². The Bertz CT molecular complexity index is 428. The standard InChI is InChI=1S/C15H23NO2S.ClH/c1-11-13(15(17)18-2)10-19-14(11)5-3-4-12-6-8-16-9-7-12;/h10,12,16H,3-9H2,1-2H3;1H. The lowest BCUT2D eigenvalue weighted by atomic mass is 9.92. The highest BCUT2D eigenvalue weighted by molar-refractivity contribution is 7.10. The van der Waals surface area contributed by atoms with Gasteiger partial charge in [-0.3, -0.25) is 0 Å². The quantitative estimate of drug-likeness (QED) is 0.843. The van der Waals surface area contributed by atoms with Crippen molar-refractivity contribution in [3.63, 3.8) is 0 Å². The van der Waals surface area contributed by atoms with Crippen molar-refractivity contribution < 1.29 is 9.53 Å². The van der Waals surface area contributed by atoms with E-state index in [0.717, 1.165) is 23.5 Å². The minimum Gasteiger partial charge on any atom is -0.465 e. The normalized spacial score (nSPS) is 15.7. The van der Waals surface area contributed by atoms with Crippen LogP contribution in [-0.2, 0) is 11.2 Å². The molecule has 0 aromatic carbocycles. The maximum Gasteiger partial charge on any atom is 0.338 e. The zero-order valence-corrected chi connectivity index (χ0v) is 13.9. The molecule has 1 aromatic heterocycles. The van der Waals surface area contributed by atoms with Crippen molar-refractivity contribution in [3.05, 3.63) is 21.4 Å². The predicted molar refractivity (Wildman–Crippen MR) is 86.2 cm³/mol. The molecule has 2 heterocycles. The summed E-state index contributed by atoms with van der Waals surface area (Å²) in [5.41, 5.74) is 1.85. The van der Waals surface area contributed by atoms with E-state index in [1.165, 1.54) is 50.8 Å². The molecule has 1 aliphatic heterocycles. The van der Waals surface area contributed by atoms with E-state index in [0.29, 0.717) is 0 Å². The third-order valence-electron chi connectivity index (χ3n) is 4.02. The Labute approximate surface area is 131 Å². The summed E-state index contributed by atoms with van der Waals surface area (Å²) in [7, 11) is 1.44. The molecular weight excluding hydrogens is 294 g/mol. The number of carbonyl (C=O) groups excluding carboxylic acids is 1. The first-order chi connectivity index (χ1) is 9.22. The lowest BCUT2D eigenvalue weighted by Crippen LogP contribution is -2.27. The number of halogens is 1. The van der Waals surface area contributed by atoms with Gasteiger partial charge in [-0.2, -0.15) is 0 Å². The molecule has 0 spiro atoms. The van der Waals surface area contributed by atoms with E-state index in [-0.39, 0.29) is 18.4 Å². The molecular formula is C15H24ClNO2S. The number of esters is 1. The van der Waals surface area contributed by atoms with Gasteiger partial charge in [-0.05, 0) is 57.2 Å². The maximum atomic E-state index is 11.5.